The topological polar surface area (TPSA) is 129 Å². The highest BCUT2D eigenvalue weighted by atomic mass is 16.5. The third kappa shape index (κ3) is 5.87. The molecular formula is C23H29N7O4. The van der Waals surface area contributed by atoms with Gasteiger partial charge in [-0.25, -0.2) is 4.79 Å². The van der Waals surface area contributed by atoms with Crippen LogP contribution in [0, 0.1) is 0 Å². The van der Waals surface area contributed by atoms with E-state index in [1.165, 1.54) is 27.1 Å². The third-order valence-corrected chi connectivity index (χ3v) is 5.41. The van der Waals surface area contributed by atoms with E-state index in [1.807, 2.05) is 24.3 Å². The molecule has 1 saturated heterocycles. The molecule has 0 saturated carbocycles. The summed E-state index contributed by atoms with van der Waals surface area (Å²) >= 11 is 0. The summed E-state index contributed by atoms with van der Waals surface area (Å²) in [5, 5.41) is 9.91. The van der Waals surface area contributed by atoms with E-state index in [-0.39, 0.29) is 11.9 Å². The van der Waals surface area contributed by atoms with Crippen molar-refractivity contribution in [2.24, 2.45) is 0 Å². The summed E-state index contributed by atoms with van der Waals surface area (Å²) in [4.78, 5) is 19.2. The number of nitrogens with zero attached hydrogens (tertiary/aromatic N) is 4. The maximum absolute atomic E-state index is 12.7. The summed E-state index contributed by atoms with van der Waals surface area (Å²) < 4.78 is 17.2. The first-order chi connectivity index (χ1) is 16.5. The number of nitrogens with two attached hydrogens (primary N) is 1. The second-order valence-corrected chi connectivity index (χ2v) is 7.78. The van der Waals surface area contributed by atoms with Crippen molar-refractivity contribution in [1.29, 1.82) is 0 Å². The number of likely N-dealkylation sites (tertiary alicyclic amines) is 1. The van der Waals surface area contributed by atoms with Crippen LogP contribution < -0.4 is 30.6 Å². The van der Waals surface area contributed by atoms with Crippen molar-refractivity contribution in [2.45, 2.75) is 12.8 Å². The second kappa shape index (κ2) is 10.8. The smallest absolute Gasteiger partial charge is 0.349 e. The van der Waals surface area contributed by atoms with E-state index >= 15 is 0 Å². The number of carbonyl (C=O) groups is 1. The van der Waals surface area contributed by atoms with Gasteiger partial charge in [-0.2, -0.15) is 4.98 Å². The minimum Gasteiger partial charge on any atom is -0.497 e. The summed E-state index contributed by atoms with van der Waals surface area (Å²) in [6, 6.07) is 11.9. The molecule has 2 aromatic carbocycles. The summed E-state index contributed by atoms with van der Waals surface area (Å²) in [7, 11) is 3.06. The minimum atomic E-state index is -0.574. The van der Waals surface area contributed by atoms with Crippen molar-refractivity contribution in [3.8, 4) is 17.2 Å². The monoisotopic (exact) mass is 467 g/mol. The number of rotatable bonds is 9. The van der Waals surface area contributed by atoms with Crippen LogP contribution in [0.2, 0.25) is 0 Å². The lowest BCUT2D eigenvalue weighted by Gasteiger charge is -2.15. The quantitative estimate of drug-likeness (QED) is 0.434. The molecule has 180 valence electrons. The number of carbonyl (C=O) groups excluding carboxylic acids is 1. The number of ether oxygens (including phenoxy) is 3. The number of benzene rings is 2. The van der Waals surface area contributed by atoms with Gasteiger partial charge in [0.05, 0.1) is 14.2 Å². The normalized spacial score (nSPS) is 13.5. The SMILES string of the molecule is COc1cc(NC(=O)n2nc(Nc3ccc(OCCN4CCCC4)cc3)nc2N)cc(OC)c1. The molecule has 3 aromatic rings. The van der Waals surface area contributed by atoms with Crippen molar-refractivity contribution in [1.82, 2.24) is 19.7 Å². The van der Waals surface area contributed by atoms with Gasteiger partial charge in [0, 0.05) is 36.1 Å². The van der Waals surface area contributed by atoms with Gasteiger partial charge in [-0.05, 0) is 50.2 Å². The Balaban J connectivity index is 1.34. The zero-order valence-electron chi connectivity index (χ0n) is 19.3. The molecule has 0 radical (unpaired) electrons. The molecule has 1 fully saturated rings. The molecule has 2 heterocycles. The largest absolute Gasteiger partial charge is 0.497 e. The number of nitrogen functional groups attached to an aromatic ring is 1. The average molecular weight is 468 g/mol. The lowest BCUT2D eigenvalue weighted by atomic mass is 10.3. The van der Waals surface area contributed by atoms with E-state index in [4.69, 9.17) is 19.9 Å². The molecule has 1 aliphatic heterocycles. The highest BCUT2D eigenvalue weighted by Gasteiger charge is 2.16. The van der Waals surface area contributed by atoms with Gasteiger partial charge in [0.2, 0.25) is 11.9 Å². The van der Waals surface area contributed by atoms with Crippen LogP contribution in [0.3, 0.4) is 0 Å². The molecule has 1 amide bonds. The minimum absolute atomic E-state index is 0.0586. The molecule has 4 N–H and O–H groups in total. The van der Waals surface area contributed by atoms with Crippen molar-refractivity contribution in [3.63, 3.8) is 0 Å². The van der Waals surface area contributed by atoms with Crippen molar-refractivity contribution in [2.75, 3.05) is 56.8 Å². The van der Waals surface area contributed by atoms with Gasteiger partial charge in [0.25, 0.3) is 0 Å². The molecule has 1 aromatic heterocycles. The van der Waals surface area contributed by atoms with Gasteiger partial charge >= 0.3 is 6.03 Å². The Kier molecular flexibility index (Phi) is 7.33. The van der Waals surface area contributed by atoms with Gasteiger partial charge in [-0.3, -0.25) is 4.90 Å². The first-order valence-corrected chi connectivity index (χ1v) is 11.0. The fourth-order valence-corrected chi connectivity index (χ4v) is 3.65. The molecule has 0 unspecified atom stereocenters. The van der Waals surface area contributed by atoms with Crippen LogP contribution in [0.5, 0.6) is 17.2 Å². The summed E-state index contributed by atoms with van der Waals surface area (Å²) in [6.45, 7) is 3.90. The second-order valence-electron chi connectivity index (χ2n) is 7.78. The average Bonchev–Trinajstić information content (AvgIpc) is 3.49. The van der Waals surface area contributed by atoms with E-state index in [1.54, 1.807) is 18.2 Å². The standard InChI is InChI=1S/C23H29N7O4/c1-32-19-13-17(14-20(15-19)33-2)26-23(31)30-21(24)27-22(28-30)25-16-5-7-18(8-6-16)34-12-11-29-9-3-4-10-29/h5-8,13-15H,3-4,9-12H2,1-2H3,(H,26,31)(H3,24,25,27,28). The molecule has 4 rings (SSSR count). The fourth-order valence-electron chi connectivity index (χ4n) is 3.65. The van der Waals surface area contributed by atoms with Crippen molar-refractivity contribution >= 4 is 29.3 Å². The fraction of sp³-hybridized carbons (Fsp3) is 0.348. The van der Waals surface area contributed by atoms with E-state index in [9.17, 15) is 4.79 Å². The molecule has 0 aliphatic carbocycles. The van der Waals surface area contributed by atoms with Crippen LogP contribution >= 0.6 is 0 Å². The zero-order chi connectivity index (χ0) is 23.9. The molecule has 1 aliphatic rings. The van der Waals surface area contributed by atoms with Crippen LogP contribution in [-0.2, 0) is 0 Å². The maximum Gasteiger partial charge on any atom is 0.349 e. The van der Waals surface area contributed by atoms with Crippen molar-refractivity contribution < 1.29 is 19.0 Å². The Morgan fingerprint density at radius 2 is 1.68 bits per heavy atom. The molecule has 0 atom stereocenters. The first kappa shape index (κ1) is 23.2. The molecule has 0 bridgehead atoms. The van der Waals surface area contributed by atoms with Gasteiger partial charge in [0.1, 0.15) is 23.9 Å². The van der Waals surface area contributed by atoms with Crippen LogP contribution in [0.4, 0.5) is 28.1 Å². The molecule has 34 heavy (non-hydrogen) atoms. The van der Waals surface area contributed by atoms with E-state index in [0.717, 1.165) is 35.8 Å². The van der Waals surface area contributed by atoms with Gasteiger partial charge in [-0.15, -0.1) is 9.78 Å². The molecule has 11 nitrogen and oxygen atoms in total. The van der Waals surface area contributed by atoms with Gasteiger partial charge < -0.3 is 30.6 Å². The Morgan fingerprint density at radius 1 is 1.00 bits per heavy atom. The highest BCUT2D eigenvalue weighted by molar-refractivity contribution is 5.92. The molecule has 0 spiro atoms. The Morgan fingerprint density at radius 3 is 2.32 bits per heavy atom. The highest BCUT2D eigenvalue weighted by Crippen LogP contribution is 2.26. The van der Waals surface area contributed by atoms with Gasteiger partial charge in [0.15, 0.2) is 0 Å². The van der Waals surface area contributed by atoms with E-state index in [2.05, 4.69) is 25.6 Å². The lowest BCUT2D eigenvalue weighted by Crippen LogP contribution is -2.25. The first-order valence-electron chi connectivity index (χ1n) is 11.0. The number of amides is 1. The lowest BCUT2D eigenvalue weighted by molar-refractivity contribution is 0.238. The van der Waals surface area contributed by atoms with Crippen LogP contribution in [0.25, 0.3) is 0 Å². The van der Waals surface area contributed by atoms with Crippen molar-refractivity contribution in [3.05, 3.63) is 42.5 Å². The van der Waals surface area contributed by atoms with Crippen LogP contribution in [-0.4, -0.2) is 66.2 Å². The molecule has 11 heteroatoms. The molecular weight excluding hydrogens is 438 g/mol. The predicted octanol–water partition coefficient (Wildman–Crippen LogP) is 3.18. The summed E-state index contributed by atoms with van der Waals surface area (Å²) in [5.74, 6) is 1.99. The predicted molar refractivity (Wildman–Crippen MR) is 129 cm³/mol. The number of aromatic nitrogens is 3. The maximum atomic E-state index is 12.7. The Hall–Kier alpha value is -3.99. The third-order valence-electron chi connectivity index (χ3n) is 5.41. The number of hydrogen-bond acceptors (Lipinski definition) is 9. The number of hydrogen-bond donors (Lipinski definition) is 3. The zero-order valence-corrected chi connectivity index (χ0v) is 19.3. The van der Waals surface area contributed by atoms with Crippen LogP contribution in [0.15, 0.2) is 42.5 Å². The summed E-state index contributed by atoms with van der Waals surface area (Å²) in [6.07, 6.45) is 2.54. The summed E-state index contributed by atoms with van der Waals surface area (Å²) in [5.41, 5.74) is 7.11. The number of nitrogens with one attached hydrogen (secondary N) is 2. The van der Waals surface area contributed by atoms with E-state index < -0.39 is 6.03 Å². The Labute approximate surface area is 197 Å². The number of anilines is 4. The Bertz CT molecular complexity index is 1090. The van der Waals surface area contributed by atoms with Crippen LogP contribution in [0.1, 0.15) is 12.8 Å². The number of methoxy groups -OCH3 is 2. The van der Waals surface area contributed by atoms with Gasteiger partial charge in [-0.1, -0.05) is 0 Å². The van der Waals surface area contributed by atoms with E-state index in [0.29, 0.717) is 23.8 Å².